The molecule has 0 saturated heterocycles. The van der Waals surface area contributed by atoms with Crippen LogP contribution in [0.5, 0.6) is 0 Å². The van der Waals surface area contributed by atoms with Crippen molar-refractivity contribution in [3.63, 3.8) is 0 Å². The molecule has 3 aromatic rings. The molecule has 0 unspecified atom stereocenters. The zero-order chi connectivity index (χ0) is 13.9. The van der Waals surface area contributed by atoms with Crippen molar-refractivity contribution in [3.8, 4) is 11.5 Å². The molecular formula is C15H14ClN3O. The molecule has 2 aromatic heterocycles. The number of halogens is 1. The van der Waals surface area contributed by atoms with E-state index in [9.17, 15) is 0 Å². The van der Waals surface area contributed by atoms with Crippen LogP contribution in [0.1, 0.15) is 13.3 Å². The minimum Gasteiger partial charge on any atom is -0.454 e. The molecule has 3 rings (SSSR count). The van der Waals surface area contributed by atoms with Gasteiger partial charge in [-0.05, 0) is 42.8 Å². The SMILES string of the molecule is CCCNc1ccc(-c2cc3cc(Cl)ccc3o2)nn1. The first-order valence-electron chi connectivity index (χ1n) is 6.53. The lowest BCUT2D eigenvalue weighted by atomic mass is 10.2. The second-order valence-corrected chi connectivity index (χ2v) is 4.96. The summed E-state index contributed by atoms with van der Waals surface area (Å²) in [7, 11) is 0. The molecular weight excluding hydrogens is 274 g/mol. The standard InChI is InChI=1S/C15H14ClN3O/c1-2-7-17-15-6-4-12(18-19-15)14-9-10-8-11(16)3-5-13(10)20-14/h3-6,8-9H,2,7H2,1H3,(H,17,19). The zero-order valence-corrected chi connectivity index (χ0v) is 11.8. The van der Waals surface area contributed by atoms with Crippen molar-refractivity contribution in [1.82, 2.24) is 10.2 Å². The summed E-state index contributed by atoms with van der Waals surface area (Å²) in [5, 5.41) is 13.1. The van der Waals surface area contributed by atoms with Crippen LogP contribution in [0.2, 0.25) is 5.02 Å². The maximum Gasteiger partial charge on any atom is 0.155 e. The van der Waals surface area contributed by atoms with E-state index in [-0.39, 0.29) is 0 Å². The third kappa shape index (κ3) is 2.60. The highest BCUT2D eigenvalue weighted by atomic mass is 35.5. The molecule has 0 amide bonds. The number of hydrogen-bond acceptors (Lipinski definition) is 4. The van der Waals surface area contributed by atoms with E-state index in [1.54, 1.807) is 6.07 Å². The van der Waals surface area contributed by atoms with Gasteiger partial charge in [0.25, 0.3) is 0 Å². The highest BCUT2D eigenvalue weighted by Gasteiger charge is 2.08. The monoisotopic (exact) mass is 287 g/mol. The Kier molecular flexibility index (Phi) is 3.56. The lowest BCUT2D eigenvalue weighted by molar-refractivity contribution is 0.627. The zero-order valence-electron chi connectivity index (χ0n) is 11.1. The van der Waals surface area contributed by atoms with E-state index in [0.717, 1.165) is 29.8 Å². The van der Waals surface area contributed by atoms with Crippen molar-refractivity contribution in [2.24, 2.45) is 0 Å². The lowest BCUT2D eigenvalue weighted by Crippen LogP contribution is -2.02. The highest BCUT2D eigenvalue weighted by molar-refractivity contribution is 6.31. The number of nitrogens with zero attached hydrogens (tertiary/aromatic N) is 2. The average Bonchev–Trinajstić information content (AvgIpc) is 2.88. The van der Waals surface area contributed by atoms with Crippen LogP contribution in [-0.4, -0.2) is 16.7 Å². The Morgan fingerprint density at radius 1 is 1.15 bits per heavy atom. The van der Waals surface area contributed by atoms with Gasteiger partial charge in [-0.15, -0.1) is 10.2 Å². The smallest absolute Gasteiger partial charge is 0.155 e. The molecule has 0 atom stereocenters. The molecule has 0 spiro atoms. The first kappa shape index (κ1) is 12.9. The fourth-order valence-corrected chi connectivity index (χ4v) is 2.13. The summed E-state index contributed by atoms with van der Waals surface area (Å²) in [6.45, 7) is 2.99. The van der Waals surface area contributed by atoms with Crippen LogP contribution < -0.4 is 5.32 Å². The minimum atomic E-state index is 0.690. The molecule has 0 aliphatic rings. The van der Waals surface area contributed by atoms with Gasteiger partial charge in [0.2, 0.25) is 0 Å². The Bertz CT molecular complexity index is 722. The van der Waals surface area contributed by atoms with Gasteiger partial charge in [-0.25, -0.2) is 0 Å². The molecule has 2 heterocycles. The summed E-state index contributed by atoms with van der Waals surface area (Å²) in [5.41, 5.74) is 1.50. The largest absolute Gasteiger partial charge is 0.454 e. The van der Waals surface area contributed by atoms with Crippen LogP contribution in [0.25, 0.3) is 22.4 Å². The molecule has 5 heteroatoms. The van der Waals surface area contributed by atoms with Crippen molar-refractivity contribution in [3.05, 3.63) is 41.4 Å². The molecule has 102 valence electrons. The molecule has 1 N–H and O–H groups in total. The van der Waals surface area contributed by atoms with Crippen molar-refractivity contribution in [2.75, 3.05) is 11.9 Å². The van der Waals surface area contributed by atoms with Crippen LogP contribution in [0.15, 0.2) is 40.8 Å². The van der Waals surface area contributed by atoms with E-state index in [1.807, 2.05) is 30.3 Å². The minimum absolute atomic E-state index is 0.690. The first-order valence-corrected chi connectivity index (χ1v) is 6.91. The van der Waals surface area contributed by atoms with Gasteiger partial charge in [0, 0.05) is 17.0 Å². The number of fused-ring (bicyclic) bond motifs is 1. The summed E-state index contributed by atoms with van der Waals surface area (Å²) in [6, 6.07) is 11.2. The quantitative estimate of drug-likeness (QED) is 0.774. The van der Waals surface area contributed by atoms with Gasteiger partial charge in [0.05, 0.1) is 0 Å². The van der Waals surface area contributed by atoms with E-state index >= 15 is 0 Å². The van der Waals surface area contributed by atoms with Gasteiger partial charge < -0.3 is 9.73 Å². The van der Waals surface area contributed by atoms with E-state index in [0.29, 0.717) is 16.5 Å². The van der Waals surface area contributed by atoms with Gasteiger partial charge in [-0.1, -0.05) is 18.5 Å². The van der Waals surface area contributed by atoms with Crippen LogP contribution >= 0.6 is 11.6 Å². The van der Waals surface area contributed by atoms with Crippen LogP contribution in [-0.2, 0) is 0 Å². The van der Waals surface area contributed by atoms with Gasteiger partial charge in [-0.3, -0.25) is 0 Å². The fraction of sp³-hybridized carbons (Fsp3) is 0.200. The normalized spacial score (nSPS) is 10.9. The number of furan rings is 1. The number of benzene rings is 1. The van der Waals surface area contributed by atoms with E-state index in [2.05, 4.69) is 22.4 Å². The van der Waals surface area contributed by atoms with E-state index in [4.69, 9.17) is 16.0 Å². The summed E-state index contributed by atoms with van der Waals surface area (Å²) in [4.78, 5) is 0. The van der Waals surface area contributed by atoms with Crippen molar-refractivity contribution >= 4 is 28.4 Å². The van der Waals surface area contributed by atoms with Gasteiger partial charge in [0.1, 0.15) is 17.1 Å². The second kappa shape index (κ2) is 5.51. The average molecular weight is 288 g/mol. The third-order valence-corrected chi connectivity index (χ3v) is 3.19. The number of nitrogens with one attached hydrogen (secondary N) is 1. The van der Waals surface area contributed by atoms with E-state index < -0.39 is 0 Å². The number of anilines is 1. The number of rotatable bonds is 4. The van der Waals surface area contributed by atoms with Gasteiger partial charge >= 0.3 is 0 Å². The highest BCUT2D eigenvalue weighted by Crippen LogP contribution is 2.28. The molecule has 0 aliphatic carbocycles. The molecule has 0 saturated carbocycles. The van der Waals surface area contributed by atoms with Crippen LogP contribution in [0.4, 0.5) is 5.82 Å². The summed E-state index contributed by atoms with van der Waals surface area (Å²) in [5.74, 6) is 1.46. The molecule has 20 heavy (non-hydrogen) atoms. The summed E-state index contributed by atoms with van der Waals surface area (Å²) in [6.07, 6.45) is 1.05. The molecule has 0 bridgehead atoms. The Morgan fingerprint density at radius 2 is 2.05 bits per heavy atom. The van der Waals surface area contributed by atoms with E-state index in [1.165, 1.54) is 0 Å². The van der Waals surface area contributed by atoms with Crippen molar-refractivity contribution in [1.29, 1.82) is 0 Å². The molecule has 0 fully saturated rings. The molecule has 0 aliphatic heterocycles. The Labute approximate surface area is 121 Å². The number of hydrogen-bond donors (Lipinski definition) is 1. The second-order valence-electron chi connectivity index (χ2n) is 4.52. The lowest BCUT2D eigenvalue weighted by Gasteiger charge is -2.02. The Balaban J connectivity index is 1.90. The Morgan fingerprint density at radius 3 is 2.80 bits per heavy atom. The Hall–Kier alpha value is -2.07. The third-order valence-electron chi connectivity index (χ3n) is 2.95. The van der Waals surface area contributed by atoms with Crippen LogP contribution in [0, 0.1) is 0 Å². The maximum absolute atomic E-state index is 5.97. The molecule has 4 nitrogen and oxygen atoms in total. The number of aromatic nitrogens is 2. The summed E-state index contributed by atoms with van der Waals surface area (Å²) >= 11 is 5.97. The molecule has 0 radical (unpaired) electrons. The fourth-order valence-electron chi connectivity index (χ4n) is 1.95. The van der Waals surface area contributed by atoms with Crippen molar-refractivity contribution < 1.29 is 4.42 Å². The van der Waals surface area contributed by atoms with Gasteiger partial charge in [0.15, 0.2) is 5.76 Å². The summed E-state index contributed by atoms with van der Waals surface area (Å²) < 4.78 is 5.75. The van der Waals surface area contributed by atoms with Crippen molar-refractivity contribution in [2.45, 2.75) is 13.3 Å². The topological polar surface area (TPSA) is 51.0 Å². The maximum atomic E-state index is 5.97. The van der Waals surface area contributed by atoms with Gasteiger partial charge in [-0.2, -0.15) is 0 Å². The molecule has 1 aromatic carbocycles. The van der Waals surface area contributed by atoms with Crippen LogP contribution in [0.3, 0.4) is 0 Å². The first-order chi connectivity index (χ1) is 9.76. The predicted molar refractivity (Wildman–Crippen MR) is 81.0 cm³/mol. The predicted octanol–water partition coefficient (Wildman–Crippen LogP) is 4.37.